The maximum absolute atomic E-state index is 3.66. The van der Waals surface area contributed by atoms with Crippen molar-refractivity contribution in [3.63, 3.8) is 0 Å². The molecule has 20 heavy (non-hydrogen) atoms. The smallest absolute Gasteiger partial charge is 0.0423 e. The Labute approximate surface area is 138 Å². The van der Waals surface area contributed by atoms with Crippen molar-refractivity contribution in [3.05, 3.63) is 50.6 Å². The normalized spacial score (nSPS) is 12.6. The highest BCUT2D eigenvalue weighted by Crippen LogP contribution is 2.31. The van der Waals surface area contributed by atoms with Gasteiger partial charge in [0.2, 0.25) is 0 Å². The largest absolute Gasteiger partial charge is 0.309 e. The fourth-order valence-electron chi connectivity index (χ4n) is 1.97. The lowest BCUT2D eigenvalue weighted by Crippen LogP contribution is -2.23. The van der Waals surface area contributed by atoms with Crippen LogP contribution >= 0.6 is 39.0 Å². The first-order chi connectivity index (χ1) is 9.70. The molecule has 0 aliphatic rings. The van der Waals surface area contributed by atoms with Crippen molar-refractivity contribution < 1.29 is 0 Å². The van der Waals surface area contributed by atoms with Crippen LogP contribution in [0.15, 0.2) is 45.1 Å². The van der Waals surface area contributed by atoms with Crippen LogP contribution < -0.4 is 5.32 Å². The van der Waals surface area contributed by atoms with Crippen LogP contribution in [-0.2, 0) is 0 Å². The van der Waals surface area contributed by atoms with Crippen molar-refractivity contribution in [2.75, 3.05) is 12.3 Å². The fourth-order valence-corrected chi connectivity index (χ4v) is 4.40. The third-order valence-corrected chi connectivity index (χ3v) is 6.04. The molecule has 0 bridgehead atoms. The summed E-state index contributed by atoms with van der Waals surface area (Å²) in [7, 11) is 0. The van der Waals surface area contributed by atoms with E-state index in [0.29, 0.717) is 6.04 Å². The van der Waals surface area contributed by atoms with Gasteiger partial charge >= 0.3 is 0 Å². The number of hydrogen-bond acceptors (Lipinski definition) is 3. The molecule has 1 N–H and O–H groups in total. The number of halogens is 1. The van der Waals surface area contributed by atoms with E-state index in [2.05, 4.69) is 70.8 Å². The minimum Gasteiger partial charge on any atom is -0.309 e. The summed E-state index contributed by atoms with van der Waals surface area (Å²) in [4.78, 5) is 2.69. The summed E-state index contributed by atoms with van der Waals surface area (Å²) in [5.74, 6) is 1.05. The highest BCUT2D eigenvalue weighted by molar-refractivity contribution is 9.10. The molecule has 1 aromatic heterocycles. The van der Waals surface area contributed by atoms with Crippen LogP contribution in [0.1, 0.15) is 29.8 Å². The average molecular weight is 370 g/mol. The van der Waals surface area contributed by atoms with Crippen molar-refractivity contribution in [2.24, 2.45) is 0 Å². The first-order valence-corrected chi connectivity index (χ1v) is 9.52. The minimum absolute atomic E-state index is 0.428. The Morgan fingerprint density at radius 3 is 2.80 bits per heavy atom. The second kappa shape index (κ2) is 8.23. The van der Waals surface area contributed by atoms with Gasteiger partial charge in [-0.1, -0.05) is 19.1 Å². The van der Waals surface area contributed by atoms with E-state index >= 15 is 0 Å². The summed E-state index contributed by atoms with van der Waals surface area (Å²) in [5, 5.41) is 5.94. The van der Waals surface area contributed by atoms with Crippen molar-refractivity contribution in [1.82, 2.24) is 5.32 Å². The van der Waals surface area contributed by atoms with Gasteiger partial charge in [0, 0.05) is 26.0 Å². The molecule has 0 radical (unpaired) electrons. The van der Waals surface area contributed by atoms with Crippen molar-refractivity contribution in [1.29, 1.82) is 0 Å². The summed E-state index contributed by atoms with van der Waals surface area (Å²) < 4.78 is 1.18. The standard InChI is InChI=1S/C16H20BrNS2/c1-3-8-18-15(13-9-12(2)19-10-13)11-20-16-7-5-4-6-14(16)17/h4-7,9-10,15,18H,3,8,11H2,1-2H3. The van der Waals surface area contributed by atoms with Crippen LogP contribution in [0.25, 0.3) is 0 Å². The Balaban J connectivity index is 2.03. The lowest BCUT2D eigenvalue weighted by atomic mass is 10.1. The topological polar surface area (TPSA) is 12.0 Å². The molecule has 4 heteroatoms. The van der Waals surface area contributed by atoms with Crippen molar-refractivity contribution in [2.45, 2.75) is 31.2 Å². The van der Waals surface area contributed by atoms with Gasteiger partial charge in [-0.25, -0.2) is 0 Å². The first kappa shape index (κ1) is 16.1. The van der Waals surface area contributed by atoms with E-state index < -0.39 is 0 Å². The number of rotatable bonds is 7. The minimum atomic E-state index is 0.428. The Morgan fingerprint density at radius 1 is 1.35 bits per heavy atom. The molecule has 1 atom stereocenters. The third kappa shape index (κ3) is 4.62. The fraction of sp³-hybridized carbons (Fsp3) is 0.375. The predicted octanol–water partition coefficient (Wildman–Crippen LogP) is 5.65. The summed E-state index contributed by atoms with van der Waals surface area (Å²) in [6.45, 7) is 5.45. The lowest BCUT2D eigenvalue weighted by molar-refractivity contribution is 0.578. The second-order valence-corrected chi connectivity index (χ2v) is 7.77. The molecule has 2 rings (SSSR count). The van der Waals surface area contributed by atoms with E-state index in [-0.39, 0.29) is 0 Å². The molecule has 0 saturated heterocycles. The number of aryl methyl sites for hydroxylation is 1. The number of thiophene rings is 1. The van der Waals surface area contributed by atoms with Crippen LogP contribution in [0.3, 0.4) is 0 Å². The van der Waals surface area contributed by atoms with Crippen LogP contribution in [-0.4, -0.2) is 12.3 Å². The maximum Gasteiger partial charge on any atom is 0.0423 e. The molecule has 1 unspecified atom stereocenters. The lowest BCUT2D eigenvalue weighted by Gasteiger charge is -2.17. The van der Waals surface area contributed by atoms with Gasteiger partial charge in [-0.3, -0.25) is 0 Å². The first-order valence-electron chi connectivity index (χ1n) is 6.86. The average Bonchev–Trinajstić information content (AvgIpc) is 2.87. The van der Waals surface area contributed by atoms with Gasteiger partial charge in [-0.05, 0) is 65.0 Å². The molecule has 0 spiro atoms. The van der Waals surface area contributed by atoms with Crippen LogP contribution in [0.4, 0.5) is 0 Å². The van der Waals surface area contributed by atoms with Gasteiger partial charge in [-0.15, -0.1) is 23.1 Å². The van der Waals surface area contributed by atoms with Crippen molar-refractivity contribution in [3.8, 4) is 0 Å². The van der Waals surface area contributed by atoms with Crippen LogP contribution in [0, 0.1) is 6.92 Å². The quantitative estimate of drug-likeness (QED) is 0.632. The second-order valence-electron chi connectivity index (χ2n) is 4.74. The molecular weight excluding hydrogens is 350 g/mol. The van der Waals surface area contributed by atoms with Gasteiger partial charge in [0.1, 0.15) is 0 Å². The van der Waals surface area contributed by atoms with E-state index in [4.69, 9.17) is 0 Å². The molecule has 0 amide bonds. The van der Waals surface area contributed by atoms with Crippen LogP contribution in [0.2, 0.25) is 0 Å². The van der Waals surface area contributed by atoms with Crippen LogP contribution in [0.5, 0.6) is 0 Å². The molecule has 108 valence electrons. The number of benzene rings is 1. The number of nitrogens with one attached hydrogen (secondary N) is 1. The zero-order valence-corrected chi connectivity index (χ0v) is 15.1. The Kier molecular flexibility index (Phi) is 6.62. The summed E-state index contributed by atoms with van der Waals surface area (Å²) in [6.07, 6.45) is 1.17. The van der Waals surface area contributed by atoms with E-state index in [1.54, 1.807) is 0 Å². The number of thioether (sulfide) groups is 1. The molecule has 0 saturated carbocycles. The zero-order valence-electron chi connectivity index (χ0n) is 11.9. The molecule has 1 heterocycles. The monoisotopic (exact) mass is 369 g/mol. The zero-order chi connectivity index (χ0) is 14.4. The van der Waals surface area contributed by atoms with Gasteiger partial charge in [0.25, 0.3) is 0 Å². The molecule has 0 fully saturated rings. The van der Waals surface area contributed by atoms with E-state index in [0.717, 1.165) is 12.3 Å². The Morgan fingerprint density at radius 2 is 2.15 bits per heavy atom. The molecular formula is C16H20BrNS2. The molecule has 0 aliphatic heterocycles. The molecule has 1 aromatic carbocycles. The molecule has 1 nitrogen and oxygen atoms in total. The predicted molar refractivity (Wildman–Crippen MR) is 95.0 cm³/mol. The third-order valence-electron chi connectivity index (χ3n) is 3.04. The highest BCUT2D eigenvalue weighted by Gasteiger charge is 2.13. The van der Waals surface area contributed by atoms with Crippen molar-refractivity contribution >= 4 is 39.0 Å². The summed E-state index contributed by atoms with van der Waals surface area (Å²) in [5.41, 5.74) is 1.42. The number of hydrogen-bond donors (Lipinski definition) is 1. The van der Waals surface area contributed by atoms with E-state index in [1.165, 1.54) is 26.2 Å². The molecule has 2 aromatic rings. The molecule has 0 aliphatic carbocycles. The van der Waals surface area contributed by atoms with Gasteiger partial charge in [0.05, 0.1) is 0 Å². The Bertz CT molecular complexity index is 539. The summed E-state index contributed by atoms with van der Waals surface area (Å²) >= 11 is 7.36. The van der Waals surface area contributed by atoms with Gasteiger partial charge < -0.3 is 5.32 Å². The summed E-state index contributed by atoms with van der Waals surface area (Å²) in [6, 6.07) is 11.2. The van der Waals surface area contributed by atoms with E-state index in [9.17, 15) is 0 Å². The SMILES string of the molecule is CCCNC(CSc1ccccc1Br)c1csc(C)c1. The van der Waals surface area contributed by atoms with Gasteiger partial charge in [-0.2, -0.15) is 0 Å². The highest BCUT2D eigenvalue weighted by atomic mass is 79.9. The van der Waals surface area contributed by atoms with Gasteiger partial charge in [0.15, 0.2) is 0 Å². The maximum atomic E-state index is 3.66. The Hall–Kier alpha value is -0.290. The van der Waals surface area contributed by atoms with E-state index in [1.807, 2.05) is 23.1 Å².